The molecule has 3 heteroatoms. The molecular weight excluding hydrogens is 158 g/mol. The molecule has 0 rings (SSSR count). The van der Waals surface area contributed by atoms with Crippen LogP contribution in [0.3, 0.4) is 0 Å². The van der Waals surface area contributed by atoms with E-state index in [1.807, 2.05) is 0 Å². The Morgan fingerprint density at radius 3 is 2.27 bits per heavy atom. The minimum Gasteiger partial charge on any atom is -0.411 e. The monoisotopic (exact) mass is 175 g/mol. The molecule has 0 aromatic carbocycles. The first-order valence-corrected chi connectivity index (χ1v) is 5.12. The molecule has 0 bridgehead atoms. The van der Waals surface area contributed by atoms with Crippen molar-refractivity contribution in [2.45, 2.75) is 27.2 Å². The van der Waals surface area contributed by atoms with Crippen LogP contribution in [0.5, 0.6) is 0 Å². The zero-order valence-corrected chi connectivity index (χ0v) is 8.53. The molecular formula is C8H17NOS. The highest BCUT2D eigenvalue weighted by Crippen LogP contribution is 2.19. The second kappa shape index (κ2) is 4.65. The molecule has 0 saturated heterocycles. The molecule has 0 atom stereocenters. The molecule has 0 aliphatic carbocycles. The lowest BCUT2D eigenvalue weighted by Gasteiger charge is -2.19. The van der Waals surface area contributed by atoms with E-state index < -0.39 is 0 Å². The summed E-state index contributed by atoms with van der Waals surface area (Å²) >= 11 is 1.77. The van der Waals surface area contributed by atoms with Gasteiger partial charge in [0.2, 0.25) is 0 Å². The summed E-state index contributed by atoms with van der Waals surface area (Å²) in [5, 5.41) is 12.0. The van der Waals surface area contributed by atoms with E-state index in [4.69, 9.17) is 5.21 Å². The maximum atomic E-state index is 8.67. The maximum absolute atomic E-state index is 8.67. The Balaban J connectivity index is 3.99. The fourth-order valence-corrected chi connectivity index (χ4v) is 1.17. The molecule has 0 aliphatic heterocycles. The fraction of sp³-hybridized carbons (Fsp3) is 0.875. The van der Waals surface area contributed by atoms with Gasteiger partial charge in [-0.05, 0) is 18.4 Å². The van der Waals surface area contributed by atoms with Crippen molar-refractivity contribution in [3.63, 3.8) is 0 Å². The summed E-state index contributed by atoms with van der Waals surface area (Å²) < 4.78 is 0. The van der Waals surface area contributed by atoms with Gasteiger partial charge in [0.1, 0.15) is 0 Å². The van der Waals surface area contributed by atoms with Crippen LogP contribution in [-0.2, 0) is 0 Å². The fourth-order valence-electron chi connectivity index (χ4n) is 0.774. The van der Waals surface area contributed by atoms with Gasteiger partial charge in [0.25, 0.3) is 0 Å². The van der Waals surface area contributed by atoms with Gasteiger partial charge in [-0.15, -0.1) is 0 Å². The van der Waals surface area contributed by atoms with Crippen molar-refractivity contribution in [3.8, 4) is 0 Å². The van der Waals surface area contributed by atoms with E-state index in [1.54, 1.807) is 11.8 Å². The Kier molecular flexibility index (Phi) is 4.57. The van der Waals surface area contributed by atoms with Crippen LogP contribution in [0.15, 0.2) is 5.16 Å². The number of nitrogens with zero attached hydrogens (tertiary/aromatic N) is 1. The maximum Gasteiger partial charge on any atom is 0.0632 e. The molecule has 0 spiro atoms. The molecule has 11 heavy (non-hydrogen) atoms. The number of oxime groups is 1. The summed E-state index contributed by atoms with van der Waals surface area (Å²) in [4.78, 5) is 0. The molecule has 0 aliphatic rings. The Morgan fingerprint density at radius 2 is 2.00 bits per heavy atom. The van der Waals surface area contributed by atoms with Crippen molar-refractivity contribution in [2.75, 3.05) is 12.0 Å². The van der Waals surface area contributed by atoms with Gasteiger partial charge in [-0.3, -0.25) is 0 Å². The van der Waals surface area contributed by atoms with Crippen LogP contribution in [0, 0.1) is 5.41 Å². The molecule has 0 aromatic heterocycles. The SMILES string of the molecule is CSCC/C(=N/O)C(C)(C)C. The van der Waals surface area contributed by atoms with Crippen molar-refractivity contribution in [3.05, 3.63) is 0 Å². The quantitative estimate of drug-likeness (QED) is 0.406. The minimum atomic E-state index is 0.00444. The van der Waals surface area contributed by atoms with E-state index in [1.165, 1.54) is 0 Å². The van der Waals surface area contributed by atoms with E-state index in [-0.39, 0.29) is 5.41 Å². The zero-order valence-electron chi connectivity index (χ0n) is 7.72. The molecule has 0 fully saturated rings. The first kappa shape index (κ1) is 10.8. The van der Waals surface area contributed by atoms with Crippen molar-refractivity contribution in [2.24, 2.45) is 10.6 Å². The van der Waals surface area contributed by atoms with Crippen LogP contribution in [0.2, 0.25) is 0 Å². The average molecular weight is 175 g/mol. The van der Waals surface area contributed by atoms with Gasteiger partial charge in [-0.25, -0.2) is 0 Å². The smallest absolute Gasteiger partial charge is 0.0632 e. The van der Waals surface area contributed by atoms with Crippen LogP contribution in [0.25, 0.3) is 0 Å². The van der Waals surface area contributed by atoms with Crippen molar-refractivity contribution in [1.82, 2.24) is 0 Å². The third-order valence-corrected chi connectivity index (χ3v) is 2.14. The molecule has 0 heterocycles. The van der Waals surface area contributed by atoms with Gasteiger partial charge in [0.15, 0.2) is 0 Å². The third-order valence-electron chi connectivity index (χ3n) is 1.53. The summed E-state index contributed by atoms with van der Waals surface area (Å²) in [6.45, 7) is 6.17. The van der Waals surface area contributed by atoms with Gasteiger partial charge in [0.05, 0.1) is 5.71 Å². The van der Waals surface area contributed by atoms with Gasteiger partial charge >= 0.3 is 0 Å². The molecule has 66 valence electrons. The summed E-state index contributed by atoms with van der Waals surface area (Å²) in [6, 6.07) is 0. The van der Waals surface area contributed by atoms with Crippen LogP contribution < -0.4 is 0 Å². The molecule has 0 aromatic rings. The Morgan fingerprint density at radius 1 is 1.45 bits per heavy atom. The predicted molar refractivity (Wildman–Crippen MR) is 51.7 cm³/mol. The second-order valence-corrected chi connectivity index (χ2v) is 4.53. The van der Waals surface area contributed by atoms with E-state index >= 15 is 0 Å². The van der Waals surface area contributed by atoms with Gasteiger partial charge < -0.3 is 5.21 Å². The van der Waals surface area contributed by atoms with Crippen LogP contribution in [0.4, 0.5) is 0 Å². The van der Waals surface area contributed by atoms with Crippen LogP contribution in [-0.4, -0.2) is 22.9 Å². The van der Waals surface area contributed by atoms with Gasteiger partial charge in [-0.1, -0.05) is 25.9 Å². The first-order valence-electron chi connectivity index (χ1n) is 3.72. The lowest BCUT2D eigenvalue weighted by molar-refractivity contribution is 0.309. The molecule has 0 unspecified atom stereocenters. The van der Waals surface area contributed by atoms with E-state index in [9.17, 15) is 0 Å². The Hall–Kier alpha value is -0.180. The van der Waals surface area contributed by atoms with Gasteiger partial charge in [0, 0.05) is 5.41 Å². The standard InChI is InChI=1S/C8H17NOS/c1-8(2,3)7(9-10)5-6-11-4/h10H,5-6H2,1-4H3/b9-7-. The van der Waals surface area contributed by atoms with E-state index in [2.05, 4.69) is 32.2 Å². The molecule has 0 saturated carbocycles. The molecule has 2 nitrogen and oxygen atoms in total. The zero-order chi connectivity index (χ0) is 8.91. The van der Waals surface area contributed by atoms with Gasteiger partial charge in [-0.2, -0.15) is 11.8 Å². The molecule has 0 radical (unpaired) electrons. The lowest BCUT2D eigenvalue weighted by atomic mass is 9.88. The summed E-state index contributed by atoms with van der Waals surface area (Å²) in [7, 11) is 0. The number of hydrogen-bond donors (Lipinski definition) is 1. The Labute approximate surface area is 73.1 Å². The highest BCUT2D eigenvalue weighted by molar-refractivity contribution is 7.98. The largest absolute Gasteiger partial charge is 0.411 e. The highest BCUT2D eigenvalue weighted by atomic mass is 32.2. The second-order valence-electron chi connectivity index (χ2n) is 3.54. The summed E-state index contributed by atoms with van der Waals surface area (Å²) in [5.41, 5.74) is 0.886. The predicted octanol–water partition coefficient (Wildman–Crippen LogP) is 2.62. The summed E-state index contributed by atoms with van der Waals surface area (Å²) in [5.74, 6) is 1.02. The normalized spacial score (nSPS) is 13.6. The minimum absolute atomic E-state index is 0.00444. The summed E-state index contributed by atoms with van der Waals surface area (Å²) in [6.07, 6.45) is 2.93. The van der Waals surface area contributed by atoms with E-state index in [0.717, 1.165) is 17.9 Å². The number of hydrogen-bond acceptors (Lipinski definition) is 3. The van der Waals surface area contributed by atoms with Crippen LogP contribution >= 0.6 is 11.8 Å². The molecule has 1 N–H and O–H groups in total. The Bertz CT molecular complexity index is 138. The van der Waals surface area contributed by atoms with E-state index in [0.29, 0.717) is 0 Å². The number of rotatable bonds is 3. The van der Waals surface area contributed by atoms with Crippen LogP contribution in [0.1, 0.15) is 27.2 Å². The number of thioether (sulfide) groups is 1. The first-order chi connectivity index (χ1) is 5.02. The van der Waals surface area contributed by atoms with Crippen molar-refractivity contribution < 1.29 is 5.21 Å². The third kappa shape index (κ3) is 4.30. The van der Waals surface area contributed by atoms with Crippen molar-refractivity contribution >= 4 is 17.5 Å². The average Bonchev–Trinajstić information content (AvgIpc) is 1.87. The molecule has 0 amide bonds. The lowest BCUT2D eigenvalue weighted by Crippen LogP contribution is -2.20. The highest BCUT2D eigenvalue weighted by Gasteiger charge is 2.18. The van der Waals surface area contributed by atoms with Crippen molar-refractivity contribution in [1.29, 1.82) is 0 Å². The topological polar surface area (TPSA) is 32.6 Å².